The van der Waals surface area contributed by atoms with Crippen LogP contribution in [0.2, 0.25) is 0 Å². The number of halogens is 1. The van der Waals surface area contributed by atoms with Crippen LogP contribution in [0, 0.1) is 0 Å². The molecule has 1 aromatic carbocycles. The number of nitrogens with zero attached hydrogens (tertiary/aromatic N) is 3. The van der Waals surface area contributed by atoms with Gasteiger partial charge in [-0.15, -0.1) is 0 Å². The number of aromatic nitrogens is 1. The lowest BCUT2D eigenvalue weighted by molar-refractivity contribution is -0.159. The van der Waals surface area contributed by atoms with Crippen LogP contribution in [-0.4, -0.2) is 69.0 Å². The highest BCUT2D eigenvalue weighted by molar-refractivity contribution is 9.10. The average molecular weight is 450 g/mol. The summed E-state index contributed by atoms with van der Waals surface area (Å²) in [4.78, 5) is 38.9. The number of hydrogen-bond acceptors (Lipinski definition) is 5. The number of aliphatic carboxylic acids is 2. The fourth-order valence-electron chi connectivity index (χ4n) is 2.63. The minimum absolute atomic E-state index is 0.0800. The van der Waals surface area contributed by atoms with Crippen LogP contribution in [0.3, 0.4) is 0 Å². The largest absolute Gasteiger partial charge is 0.473 e. The SMILES string of the molecule is O=C(O)C(=O)O.O=C(c1cccnc1)N1CCN(Cc2ccc(Br)cc2)CC1. The first-order valence-corrected chi connectivity index (χ1v) is 9.28. The van der Waals surface area contributed by atoms with Gasteiger partial charge in [-0.1, -0.05) is 28.1 Å². The summed E-state index contributed by atoms with van der Waals surface area (Å²) in [6.07, 6.45) is 3.32. The van der Waals surface area contributed by atoms with Crippen molar-refractivity contribution < 1.29 is 24.6 Å². The van der Waals surface area contributed by atoms with Crippen molar-refractivity contribution in [3.63, 3.8) is 0 Å². The van der Waals surface area contributed by atoms with Crippen molar-refractivity contribution in [2.75, 3.05) is 26.2 Å². The number of pyridine rings is 1. The summed E-state index contributed by atoms with van der Waals surface area (Å²) in [5.74, 6) is -3.57. The Labute approximate surface area is 170 Å². The zero-order valence-corrected chi connectivity index (χ0v) is 16.6. The minimum atomic E-state index is -1.82. The summed E-state index contributed by atoms with van der Waals surface area (Å²) >= 11 is 3.45. The van der Waals surface area contributed by atoms with Gasteiger partial charge >= 0.3 is 11.9 Å². The molecule has 0 radical (unpaired) electrons. The molecule has 0 bridgehead atoms. The molecule has 3 rings (SSSR count). The van der Waals surface area contributed by atoms with Gasteiger partial charge in [0.1, 0.15) is 0 Å². The van der Waals surface area contributed by atoms with Crippen LogP contribution >= 0.6 is 15.9 Å². The first-order valence-electron chi connectivity index (χ1n) is 8.49. The van der Waals surface area contributed by atoms with Crippen LogP contribution in [0.4, 0.5) is 0 Å². The Bertz CT molecular complexity index is 794. The normalized spacial score (nSPS) is 14.0. The first-order chi connectivity index (χ1) is 13.4. The Hall–Kier alpha value is -2.78. The molecule has 0 aliphatic carbocycles. The summed E-state index contributed by atoms with van der Waals surface area (Å²) in [5, 5.41) is 14.8. The zero-order chi connectivity index (χ0) is 20.5. The number of carboxylic acids is 2. The number of carboxylic acid groups (broad SMARTS) is 2. The van der Waals surface area contributed by atoms with E-state index in [0.717, 1.165) is 37.2 Å². The van der Waals surface area contributed by atoms with Crippen molar-refractivity contribution in [2.24, 2.45) is 0 Å². The minimum Gasteiger partial charge on any atom is -0.473 e. The third kappa shape index (κ3) is 6.75. The molecule has 0 spiro atoms. The van der Waals surface area contributed by atoms with Gasteiger partial charge in [-0.3, -0.25) is 14.7 Å². The van der Waals surface area contributed by atoms with Gasteiger partial charge in [0.15, 0.2) is 0 Å². The van der Waals surface area contributed by atoms with Gasteiger partial charge < -0.3 is 15.1 Å². The quantitative estimate of drug-likeness (QED) is 0.688. The molecule has 1 aliphatic rings. The van der Waals surface area contributed by atoms with Crippen molar-refractivity contribution in [1.29, 1.82) is 0 Å². The number of hydrogen-bond donors (Lipinski definition) is 2. The predicted molar refractivity (Wildman–Crippen MR) is 105 cm³/mol. The molecule has 0 saturated carbocycles. The zero-order valence-electron chi connectivity index (χ0n) is 15.0. The van der Waals surface area contributed by atoms with Crippen LogP contribution < -0.4 is 0 Å². The smallest absolute Gasteiger partial charge is 0.414 e. The van der Waals surface area contributed by atoms with Crippen LogP contribution in [-0.2, 0) is 16.1 Å². The van der Waals surface area contributed by atoms with Crippen LogP contribution in [0.1, 0.15) is 15.9 Å². The third-order valence-electron chi connectivity index (χ3n) is 4.07. The van der Waals surface area contributed by atoms with E-state index in [-0.39, 0.29) is 5.91 Å². The number of carbonyl (C=O) groups excluding carboxylic acids is 1. The summed E-state index contributed by atoms with van der Waals surface area (Å²) in [6, 6.07) is 12.0. The molecule has 1 aromatic heterocycles. The van der Waals surface area contributed by atoms with E-state index < -0.39 is 11.9 Å². The van der Waals surface area contributed by atoms with E-state index >= 15 is 0 Å². The number of amides is 1. The topological polar surface area (TPSA) is 111 Å². The van der Waals surface area contributed by atoms with Crippen LogP contribution in [0.5, 0.6) is 0 Å². The number of rotatable bonds is 3. The third-order valence-corrected chi connectivity index (χ3v) is 4.60. The fraction of sp³-hybridized carbons (Fsp3) is 0.263. The van der Waals surface area contributed by atoms with E-state index in [4.69, 9.17) is 19.8 Å². The standard InChI is InChI=1S/C17H18BrN3O.C2H2O4/c18-16-5-3-14(4-6-16)13-20-8-10-21(11-9-20)17(22)15-2-1-7-19-12-15;3-1(4)2(5)6/h1-7,12H,8-11,13H2;(H,3,4)(H,5,6). The van der Waals surface area contributed by atoms with Gasteiger partial charge in [-0.25, -0.2) is 9.59 Å². The molecule has 9 heteroatoms. The van der Waals surface area contributed by atoms with Gasteiger partial charge in [-0.05, 0) is 29.8 Å². The number of piperazine rings is 1. The van der Waals surface area contributed by atoms with E-state index in [1.807, 2.05) is 11.0 Å². The summed E-state index contributed by atoms with van der Waals surface area (Å²) in [5.41, 5.74) is 1.97. The maximum atomic E-state index is 12.4. The first kappa shape index (κ1) is 21.5. The Morgan fingerprint density at radius 1 is 0.964 bits per heavy atom. The Morgan fingerprint density at radius 2 is 1.57 bits per heavy atom. The maximum absolute atomic E-state index is 12.4. The molecule has 28 heavy (non-hydrogen) atoms. The highest BCUT2D eigenvalue weighted by Crippen LogP contribution is 2.14. The number of carbonyl (C=O) groups is 3. The van der Waals surface area contributed by atoms with E-state index in [1.54, 1.807) is 18.5 Å². The molecule has 148 valence electrons. The predicted octanol–water partition coefficient (Wildman–Crippen LogP) is 1.96. The molecule has 1 amide bonds. The lowest BCUT2D eigenvalue weighted by Gasteiger charge is -2.34. The van der Waals surface area contributed by atoms with E-state index in [1.165, 1.54) is 5.56 Å². The second kappa shape index (κ2) is 10.5. The molecule has 8 nitrogen and oxygen atoms in total. The van der Waals surface area contributed by atoms with Crippen molar-refractivity contribution in [3.8, 4) is 0 Å². The average Bonchev–Trinajstić information content (AvgIpc) is 2.71. The molecule has 2 aromatic rings. The van der Waals surface area contributed by atoms with Crippen molar-refractivity contribution in [3.05, 3.63) is 64.4 Å². The van der Waals surface area contributed by atoms with E-state index in [9.17, 15) is 4.79 Å². The second-order valence-electron chi connectivity index (χ2n) is 6.05. The van der Waals surface area contributed by atoms with E-state index in [0.29, 0.717) is 5.56 Å². The Morgan fingerprint density at radius 3 is 2.07 bits per heavy atom. The molecule has 0 unspecified atom stereocenters. The molecule has 1 fully saturated rings. The summed E-state index contributed by atoms with van der Waals surface area (Å²) in [7, 11) is 0. The second-order valence-corrected chi connectivity index (χ2v) is 6.96. The van der Waals surface area contributed by atoms with Gasteiger partial charge in [0.2, 0.25) is 0 Å². The highest BCUT2D eigenvalue weighted by Gasteiger charge is 2.22. The molecule has 1 aliphatic heterocycles. The van der Waals surface area contributed by atoms with Crippen molar-refractivity contribution >= 4 is 33.8 Å². The fourth-order valence-corrected chi connectivity index (χ4v) is 2.89. The maximum Gasteiger partial charge on any atom is 0.414 e. The molecule has 2 N–H and O–H groups in total. The molecular formula is C19H20BrN3O5. The summed E-state index contributed by atoms with van der Waals surface area (Å²) in [6.45, 7) is 4.28. The highest BCUT2D eigenvalue weighted by atomic mass is 79.9. The molecular weight excluding hydrogens is 430 g/mol. The number of benzene rings is 1. The van der Waals surface area contributed by atoms with Gasteiger partial charge in [0.25, 0.3) is 5.91 Å². The van der Waals surface area contributed by atoms with Gasteiger partial charge in [0, 0.05) is 49.6 Å². The van der Waals surface area contributed by atoms with E-state index in [2.05, 4.69) is 50.1 Å². The Balaban J connectivity index is 0.000000409. The van der Waals surface area contributed by atoms with Gasteiger partial charge in [-0.2, -0.15) is 0 Å². The Kier molecular flexibility index (Phi) is 8.09. The van der Waals surface area contributed by atoms with Crippen molar-refractivity contribution in [1.82, 2.24) is 14.8 Å². The lowest BCUT2D eigenvalue weighted by Crippen LogP contribution is -2.48. The van der Waals surface area contributed by atoms with Crippen molar-refractivity contribution in [2.45, 2.75) is 6.54 Å². The lowest BCUT2D eigenvalue weighted by atomic mass is 10.2. The van der Waals surface area contributed by atoms with Crippen LogP contribution in [0.15, 0.2) is 53.3 Å². The monoisotopic (exact) mass is 449 g/mol. The van der Waals surface area contributed by atoms with Crippen LogP contribution in [0.25, 0.3) is 0 Å². The van der Waals surface area contributed by atoms with Gasteiger partial charge in [0.05, 0.1) is 5.56 Å². The molecule has 1 saturated heterocycles. The summed E-state index contributed by atoms with van der Waals surface area (Å²) < 4.78 is 1.10. The molecule has 0 atom stereocenters. The molecule has 2 heterocycles.